The molecule has 6 heteroatoms. The first-order chi connectivity index (χ1) is 8.91. The fourth-order valence-electron chi connectivity index (χ4n) is 1.34. The molecule has 1 unspecified atom stereocenters. The monoisotopic (exact) mass is 266 g/mol. The molecular weight excluding hydrogens is 248 g/mol. The molecule has 1 aromatic heterocycles. The Balaban J connectivity index is 2.69. The molecular formula is C13H18N2O4. The summed E-state index contributed by atoms with van der Waals surface area (Å²) in [4.78, 5) is 26.5. The molecule has 2 N–H and O–H groups in total. The lowest BCUT2D eigenvalue weighted by Crippen LogP contribution is -2.38. The molecule has 1 rings (SSSR count). The summed E-state index contributed by atoms with van der Waals surface area (Å²) in [5.74, 6) is -0.979. The molecule has 104 valence electrons. The van der Waals surface area contributed by atoms with E-state index in [4.69, 9.17) is 9.84 Å². The van der Waals surface area contributed by atoms with Crippen LogP contribution in [0.2, 0.25) is 0 Å². The normalized spacial score (nSPS) is 12.0. The van der Waals surface area contributed by atoms with Crippen molar-refractivity contribution in [1.82, 2.24) is 10.3 Å². The molecule has 0 radical (unpaired) electrons. The molecule has 1 atom stereocenters. The van der Waals surface area contributed by atoms with E-state index in [1.807, 2.05) is 13.8 Å². The van der Waals surface area contributed by atoms with Crippen molar-refractivity contribution in [3.63, 3.8) is 0 Å². The van der Waals surface area contributed by atoms with Gasteiger partial charge in [0.05, 0.1) is 6.20 Å². The smallest absolute Gasteiger partial charge is 0.339 e. The van der Waals surface area contributed by atoms with Crippen molar-refractivity contribution in [3.8, 4) is 5.75 Å². The largest absolute Gasteiger partial charge is 0.478 e. The van der Waals surface area contributed by atoms with Crippen LogP contribution in [0.4, 0.5) is 0 Å². The first kappa shape index (κ1) is 14.9. The number of pyridine rings is 1. The highest BCUT2D eigenvalue weighted by Gasteiger charge is 2.18. The Bertz CT molecular complexity index is 460. The van der Waals surface area contributed by atoms with Crippen LogP contribution in [0.25, 0.3) is 0 Å². The molecule has 1 amide bonds. The standard InChI is InChI=1S/C13H18N2O4/c1-8(2)6-15-12(16)9(3)19-11-7-14-5-4-10(11)13(17)18/h4-5,7-9H,6H2,1-3H3,(H,15,16)(H,17,18). The highest BCUT2D eigenvalue weighted by Crippen LogP contribution is 2.17. The van der Waals surface area contributed by atoms with Gasteiger partial charge in [-0.2, -0.15) is 0 Å². The second-order valence-electron chi connectivity index (χ2n) is 4.58. The number of amides is 1. The Labute approximate surface area is 111 Å². The van der Waals surface area contributed by atoms with Crippen molar-refractivity contribution in [2.45, 2.75) is 26.9 Å². The average molecular weight is 266 g/mol. The van der Waals surface area contributed by atoms with Crippen LogP contribution in [0.5, 0.6) is 5.75 Å². The van der Waals surface area contributed by atoms with E-state index >= 15 is 0 Å². The van der Waals surface area contributed by atoms with Gasteiger partial charge in [0.1, 0.15) is 5.56 Å². The first-order valence-corrected chi connectivity index (χ1v) is 6.03. The maximum atomic E-state index is 11.7. The summed E-state index contributed by atoms with van der Waals surface area (Å²) in [6.07, 6.45) is 1.87. The minimum absolute atomic E-state index is 0.0153. The van der Waals surface area contributed by atoms with E-state index < -0.39 is 12.1 Å². The molecule has 0 bridgehead atoms. The van der Waals surface area contributed by atoms with Gasteiger partial charge < -0.3 is 15.2 Å². The zero-order valence-corrected chi connectivity index (χ0v) is 11.2. The van der Waals surface area contributed by atoms with Crippen LogP contribution in [-0.2, 0) is 4.79 Å². The van der Waals surface area contributed by atoms with Gasteiger partial charge in [0.25, 0.3) is 5.91 Å². The molecule has 0 spiro atoms. The minimum atomic E-state index is -1.12. The fourth-order valence-corrected chi connectivity index (χ4v) is 1.34. The number of aromatic carboxylic acids is 1. The summed E-state index contributed by atoms with van der Waals surface area (Å²) in [6.45, 7) is 6.07. The Kier molecular flexibility index (Phi) is 5.29. The third kappa shape index (κ3) is 4.57. The van der Waals surface area contributed by atoms with Crippen LogP contribution in [-0.4, -0.2) is 34.6 Å². The van der Waals surface area contributed by atoms with Gasteiger partial charge in [-0.3, -0.25) is 9.78 Å². The SMILES string of the molecule is CC(C)CNC(=O)C(C)Oc1cnccc1C(=O)O. The number of hydrogen-bond donors (Lipinski definition) is 2. The average Bonchev–Trinajstić information content (AvgIpc) is 2.36. The summed E-state index contributed by atoms with van der Waals surface area (Å²) in [5.41, 5.74) is -0.0153. The topological polar surface area (TPSA) is 88.5 Å². The molecule has 0 saturated carbocycles. The number of ether oxygens (including phenoxy) is 1. The molecule has 1 heterocycles. The highest BCUT2D eigenvalue weighted by atomic mass is 16.5. The molecule has 0 aliphatic heterocycles. The molecule has 0 saturated heterocycles. The van der Waals surface area contributed by atoms with Gasteiger partial charge in [-0.25, -0.2) is 4.79 Å². The van der Waals surface area contributed by atoms with Crippen LogP contribution in [0.1, 0.15) is 31.1 Å². The highest BCUT2D eigenvalue weighted by molar-refractivity contribution is 5.90. The third-order valence-electron chi connectivity index (χ3n) is 2.37. The summed E-state index contributed by atoms with van der Waals surface area (Å²) >= 11 is 0. The predicted molar refractivity (Wildman–Crippen MR) is 69.1 cm³/mol. The van der Waals surface area contributed by atoms with Crippen LogP contribution >= 0.6 is 0 Å². The van der Waals surface area contributed by atoms with Crippen molar-refractivity contribution in [2.24, 2.45) is 5.92 Å². The maximum absolute atomic E-state index is 11.7. The van der Waals surface area contributed by atoms with Gasteiger partial charge >= 0.3 is 5.97 Å². The van der Waals surface area contributed by atoms with Crippen LogP contribution < -0.4 is 10.1 Å². The molecule has 19 heavy (non-hydrogen) atoms. The Hall–Kier alpha value is -2.11. The number of carbonyl (C=O) groups is 2. The minimum Gasteiger partial charge on any atom is -0.478 e. The lowest BCUT2D eigenvalue weighted by Gasteiger charge is -2.16. The zero-order valence-electron chi connectivity index (χ0n) is 11.2. The van der Waals surface area contributed by atoms with Crippen molar-refractivity contribution in [3.05, 3.63) is 24.0 Å². The fraction of sp³-hybridized carbons (Fsp3) is 0.462. The summed E-state index contributed by atoms with van der Waals surface area (Å²) in [6, 6.07) is 1.33. The quantitative estimate of drug-likeness (QED) is 0.810. The molecule has 0 aromatic carbocycles. The van der Waals surface area contributed by atoms with Gasteiger partial charge in [-0.1, -0.05) is 13.8 Å². The summed E-state index contributed by atoms with van der Waals surface area (Å²) in [5, 5.41) is 11.7. The van der Waals surface area contributed by atoms with Gasteiger partial charge in [-0.15, -0.1) is 0 Å². The summed E-state index contributed by atoms with van der Waals surface area (Å²) in [7, 11) is 0. The van der Waals surface area contributed by atoms with Gasteiger partial charge in [0.2, 0.25) is 0 Å². The Morgan fingerprint density at radius 1 is 1.42 bits per heavy atom. The molecule has 0 fully saturated rings. The van der Waals surface area contributed by atoms with Crippen molar-refractivity contribution in [1.29, 1.82) is 0 Å². The number of nitrogens with zero attached hydrogens (tertiary/aromatic N) is 1. The second-order valence-corrected chi connectivity index (χ2v) is 4.58. The molecule has 0 aliphatic carbocycles. The van der Waals surface area contributed by atoms with E-state index in [2.05, 4.69) is 10.3 Å². The van der Waals surface area contributed by atoms with Gasteiger partial charge in [0, 0.05) is 12.7 Å². The zero-order chi connectivity index (χ0) is 14.4. The van der Waals surface area contributed by atoms with E-state index in [0.29, 0.717) is 12.5 Å². The van der Waals surface area contributed by atoms with E-state index in [1.165, 1.54) is 18.5 Å². The predicted octanol–water partition coefficient (Wildman–Crippen LogP) is 1.32. The van der Waals surface area contributed by atoms with Crippen LogP contribution in [0, 0.1) is 5.92 Å². The van der Waals surface area contributed by atoms with Gasteiger partial charge in [0.15, 0.2) is 11.9 Å². The lowest BCUT2D eigenvalue weighted by atomic mass is 10.2. The van der Waals surface area contributed by atoms with Gasteiger partial charge in [-0.05, 0) is 18.9 Å². The number of carboxylic acid groups (broad SMARTS) is 1. The first-order valence-electron chi connectivity index (χ1n) is 6.03. The van der Waals surface area contributed by atoms with Crippen molar-refractivity contribution >= 4 is 11.9 Å². The number of aromatic nitrogens is 1. The molecule has 6 nitrogen and oxygen atoms in total. The van der Waals surface area contributed by atoms with Crippen molar-refractivity contribution in [2.75, 3.05) is 6.54 Å². The molecule has 1 aromatic rings. The second kappa shape index (κ2) is 6.72. The molecule has 0 aliphatic rings. The number of nitrogens with one attached hydrogen (secondary N) is 1. The number of rotatable bonds is 6. The third-order valence-corrected chi connectivity index (χ3v) is 2.37. The van der Waals surface area contributed by atoms with E-state index in [1.54, 1.807) is 6.92 Å². The summed E-state index contributed by atoms with van der Waals surface area (Å²) < 4.78 is 5.35. The number of hydrogen-bond acceptors (Lipinski definition) is 4. The number of carbonyl (C=O) groups excluding carboxylic acids is 1. The Morgan fingerprint density at radius 3 is 2.68 bits per heavy atom. The Morgan fingerprint density at radius 2 is 2.11 bits per heavy atom. The van der Waals surface area contributed by atoms with Crippen molar-refractivity contribution < 1.29 is 19.4 Å². The number of carboxylic acids is 1. The van der Waals surface area contributed by atoms with Crippen LogP contribution in [0.3, 0.4) is 0 Å². The lowest BCUT2D eigenvalue weighted by molar-refractivity contribution is -0.127. The van der Waals surface area contributed by atoms with E-state index in [9.17, 15) is 9.59 Å². The van der Waals surface area contributed by atoms with E-state index in [0.717, 1.165) is 0 Å². The van der Waals surface area contributed by atoms with Crippen LogP contribution in [0.15, 0.2) is 18.5 Å². The maximum Gasteiger partial charge on any atom is 0.339 e. The van der Waals surface area contributed by atoms with E-state index in [-0.39, 0.29) is 17.2 Å².